The molecule has 41 heavy (non-hydrogen) atoms. The third-order valence-electron chi connectivity index (χ3n) is 6.72. The van der Waals surface area contributed by atoms with Crippen molar-refractivity contribution in [2.24, 2.45) is 0 Å². The van der Waals surface area contributed by atoms with Gasteiger partial charge in [0.2, 0.25) is 0 Å². The van der Waals surface area contributed by atoms with E-state index in [0.717, 1.165) is 29.7 Å². The number of hydrogen-bond acceptors (Lipinski definition) is 5. The smallest absolute Gasteiger partial charge is 0.354 e. The van der Waals surface area contributed by atoms with Crippen molar-refractivity contribution >= 4 is 17.7 Å². The fourth-order valence-corrected chi connectivity index (χ4v) is 4.37. The first-order chi connectivity index (χ1) is 19.6. The van der Waals surface area contributed by atoms with Crippen molar-refractivity contribution in [1.29, 1.82) is 0 Å². The van der Waals surface area contributed by atoms with E-state index in [1.54, 1.807) is 19.9 Å². The molecule has 0 unspecified atom stereocenters. The van der Waals surface area contributed by atoms with Crippen LogP contribution in [0.4, 0.5) is 0 Å². The maximum absolute atomic E-state index is 12.3. The highest BCUT2D eigenvalue weighted by Gasteiger charge is 2.17. The number of nitrogens with one attached hydrogen (secondary N) is 2. The molecule has 0 amide bonds. The molecule has 7 heteroatoms. The fraction of sp³-hybridized carbons (Fsp3) is 0.324. The Bertz CT molecular complexity index is 1460. The second-order valence-electron chi connectivity index (χ2n) is 10.1. The minimum absolute atomic E-state index is 0.0110. The predicted octanol–water partition coefficient (Wildman–Crippen LogP) is 6.83. The van der Waals surface area contributed by atoms with Gasteiger partial charge in [-0.15, -0.1) is 0 Å². The summed E-state index contributed by atoms with van der Waals surface area (Å²) in [6, 6.07) is 19.9. The van der Waals surface area contributed by atoms with Gasteiger partial charge in [-0.2, -0.15) is 0 Å². The molecule has 4 aromatic rings. The first kappa shape index (κ1) is 31.1. The summed E-state index contributed by atoms with van der Waals surface area (Å²) in [6.45, 7) is 12.1. The number of aromatic nitrogens is 2. The molecule has 0 spiro atoms. The van der Waals surface area contributed by atoms with Gasteiger partial charge >= 0.3 is 11.9 Å². The molecular weight excluding hydrogens is 516 g/mol. The number of Topliss-reactive ketones (excluding diaryl/α,β-unsaturated/α-hetero) is 1. The van der Waals surface area contributed by atoms with Crippen LogP contribution in [0.1, 0.15) is 84.4 Å². The van der Waals surface area contributed by atoms with Gasteiger partial charge in [0, 0.05) is 23.4 Å². The zero-order chi connectivity index (χ0) is 29.9. The molecule has 0 saturated heterocycles. The molecule has 0 fully saturated rings. The second-order valence-corrected chi connectivity index (χ2v) is 10.1. The molecule has 216 valence electrons. The van der Waals surface area contributed by atoms with E-state index in [9.17, 15) is 14.4 Å². The van der Waals surface area contributed by atoms with E-state index < -0.39 is 5.97 Å². The van der Waals surface area contributed by atoms with Crippen molar-refractivity contribution in [1.82, 2.24) is 9.97 Å². The van der Waals surface area contributed by atoms with Gasteiger partial charge in [-0.05, 0) is 83.2 Å². The normalized spacial score (nSPS) is 10.5. The molecule has 2 aromatic carbocycles. The highest BCUT2D eigenvalue weighted by Crippen LogP contribution is 2.16. The first-order valence-electron chi connectivity index (χ1n) is 14.0. The summed E-state index contributed by atoms with van der Waals surface area (Å²) in [5.41, 5.74) is 9.02. The number of ether oxygens (including phenoxy) is 2. The van der Waals surface area contributed by atoms with Crippen LogP contribution in [-0.4, -0.2) is 40.9 Å². The molecule has 0 saturated carbocycles. The van der Waals surface area contributed by atoms with Gasteiger partial charge in [0.15, 0.2) is 5.78 Å². The lowest BCUT2D eigenvalue weighted by atomic mass is 10.0. The van der Waals surface area contributed by atoms with Crippen LogP contribution in [-0.2, 0) is 28.7 Å². The number of hydrogen-bond donors (Lipinski definition) is 2. The Kier molecular flexibility index (Phi) is 11.3. The summed E-state index contributed by atoms with van der Waals surface area (Å²) in [4.78, 5) is 41.7. The Labute approximate surface area is 242 Å². The zero-order valence-electron chi connectivity index (χ0n) is 24.9. The standard InChI is InChI=1S/C17H19NO3.C17H21NO2/c1-4-21-17(20)15-10-14(12(3)18-15)16(19)9-13-7-5-11(2)6-8-13;1-4-20-17(19)16-11-15(13(3)18-16)10-9-14-7-5-12(2)6-8-14/h5-8,10,18H,4,9H2,1-3H3;5-8,11,18H,4,9-10H2,1-3H3. The number of H-pyrrole nitrogens is 2. The lowest BCUT2D eigenvalue weighted by molar-refractivity contribution is 0.0510. The fourth-order valence-electron chi connectivity index (χ4n) is 4.37. The van der Waals surface area contributed by atoms with Gasteiger partial charge in [0.1, 0.15) is 11.4 Å². The van der Waals surface area contributed by atoms with Gasteiger partial charge in [0.05, 0.1) is 13.2 Å². The van der Waals surface area contributed by atoms with Crippen molar-refractivity contribution in [3.8, 4) is 0 Å². The molecule has 0 aliphatic heterocycles. The second kappa shape index (κ2) is 14.8. The Morgan fingerprint density at radius 3 is 1.66 bits per heavy atom. The van der Waals surface area contributed by atoms with Crippen LogP contribution in [0.2, 0.25) is 0 Å². The number of esters is 2. The predicted molar refractivity (Wildman–Crippen MR) is 161 cm³/mol. The Morgan fingerprint density at radius 2 is 1.12 bits per heavy atom. The van der Waals surface area contributed by atoms with Crippen LogP contribution in [0.25, 0.3) is 0 Å². The van der Waals surface area contributed by atoms with E-state index in [0.29, 0.717) is 42.3 Å². The molecule has 0 aliphatic carbocycles. The third-order valence-corrected chi connectivity index (χ3v) is 6.72. The highest BCUT2D eigenvalue weighted by atomic mass is 16.5. The number of aromatic amines is 2. The number of benzene rings is 2. The van der Waals surface area contributed by atoms with Crippen molar-refractivity contribution in [3.63, 3.8) is 0 Å². The van der Waals surface area contributed by atoms with Crippen LogP contribution in [0.5, 0.6) is 0 Å². The maximum atomic E-state index is 12.3. The molecule has 4 rings (SSSR count). The lowest BCUT2D eigenvalue weighted by Crippen LogP contribution is -2.05. The van der Waals surface area contributed by atoms with E-state index in [1.165, 1.54) is 16.7 Å². The molecule has 0 radical (unpaired) electrons. The van der Waals surface area contributed by atoms with Crippen LogP contribution in [0.3, 0.4) is 0 Å². The van der Waals surface area contributed by atoms with Crippen molar-refractivity contribution in [3.05, 3.63) is 117 Å². The average Bonchev–Trinajstić information content (AvgIpc) is 3.53. The summed E-state index contributed by atoms with van der Waals surface area (Å²) < 4.78 is 9.93. The van der Waals surface area contributed by atoms with Crippen LogP contribution in [0.15, 0.2) is 60.7 Å². The SMILES string of the molecule is CCOC(=O)c1cc(C(=O)Cc2ccc(C)cc2)c(C)[nH]1.CCOC(=O)c1cc(CCc2ccc(C)cc2)c(C)[nH]1. The number of rotatable bonds is 10. The molecule has 7 nitrogen and oxygen atoms in total. The molecule has 2 N–H and O–H groups in total. The quantitative estimate of drug-likeness (QED) is 0.165. The molecule has 2 aromatic heterocycles. The molecule has 2 heterocycles. The van der Waals surface area contributed by atoms with E-state index in [-0.39, 0.29) is 11.8 Å². The van der Waals surface area contributed by atoms with Crippen molar-refractivity contribution in [2.75, 3.05) is 13.2 Å². The number of carbonyl (C=O) groups excluding carboxylic acids is 3. The van der Waals surface area contributed by atoms with Gasteiger partial charge in [-0.3, -0.25) is 4.79 Å². The number of ketones is 1. The minimum Gasteiger partial charge on any atom is -0.461 e. The number of carbonyl (C=O) groups is 3. The average molecular weight is 557 g/mol. The largest absolute Gasteiger partial charge is 0.461 e. The van der Waals surface area contributed by atoms with Gasteiger partial charge in [0.25, 0.3) is 0 Å². The molecular formula is C34H40N2O5. The molecule has 0 bridgehead atoms. The Balaban J connectivity index is 0.000000226. The Morgan fingerprint density at radius 1 is 0.634 bits per heavy atom. The van der Waals surface area contributed by atoms with E-state index >= 15 is 0 Å². The zero-order valence-corrected chi connectivity index (χ0v) is 24.9. The van der Waals surface area contributed by atoms with Crippen LogP contribution in [0, 0.1) is 27.7 Å². The van der Waals surface area contributed by atoms with E-state index in [1.807, 2.05) is 51.1 Å². The van der Waals surface area contributed by atoms with E-state index in [4.69, 9.17) is 9.47 Å². The first-order valence-corrected chi connectivity index (χ1v) is 14.0. The topological polar surface area (TPSA) is 101 Å². The van der Waals surface area contributed by atoms with Gasteiger partial charge in [-0.25, -0.2) is 9.59 Å². The summed E-state index contributed by atoms with van der Waals surface area (Å²) in [7, 11) is 0. The van der Waals surface area contributed by atoms with Crippen LogP contribution < -0.4 is 0 Å². The van der Waals surface area contributed by atoms with Gasteiger partial charge < -0.3 is 19.4 Å². The summed E-state index contributed by atoms with van der Waals surface area (Å²) in [5.74, 6) is -0.727. The Hall–Kier alpha value is -4.39. The summed E-state index contributed by atoms with van der Waals surface area (Å²) in [5, 5.41) is 0. The summed E-state index contributed by atoms with van der Waals surface area (Å²) >= 11 is 0. The molecule has 0 aliphatic rings. The third kappa shape index (κ3) is 9.07. The number of aryl methyl sites for hydroxylation is 6. The maximum Gasteiger partial charge on any atom is 0.354 e. The summed E-state index contributed by atoms with van der Waals surface area (Å²) in [6.07, 6.45) is 2.22. The minimum atomic E-state index is -0.435. The van der Waals surface area contributed by atoms with Gasteiger partial charge in [-0.1, -0.05) is 59.7 Å². The van der Waals surface area contributed by atoms with E-state index in [2.05, 4.69) is 41.2 Å². The van der Waals surface area contributed by atoms with Crippen molar-refractivity contribution < 1.29 is 23.9 Å². The highest BCUT2D eigenvalue weighted by molar-refractivity contribution is 6.01. The monoisotopic (exact) mass is 556 g/mol. The van der Waals surface area contributed by atoms with Crippen LogP contribution >= 0.6 is 0 Å². The lowest BCUT2D eigenvalue weighted by Gasteiger charge is -2.02. The molecule has 0 atom stereocenters. The van der Waals surface area contributed by atoms with Crippen molar-refractivity contribution in [2.45, 2.75) is 60.8 Å².